The van der Waals surface area contributed by atoms with E-state index in [1.54, 1.807) is 0 Å². The minimum absolute atomic E-state index is 0.0640. The van der Waals surface area contributed by atoms with Crippen LogP contribution in [0.1, 0.15) is 277 Å². The average molecular weight is 960 g/mol. The highest BCUT2D eigenvalue weighted by atomic mass is 16.6. The monoisotopic (exact) mass is 959 g/mol. The lowest BCUT2D eigenvalue weighted by Crippen LogP contribution is -2.28. The van der Waals surface area contributed by atoms with Gasteiger partial charge < -0.3 is 14.6 Å². The summed E-state index contributed by atoms with van der Waals surface area (Å²) in [6.45, 7) is 4.04. The summed E-state index contributed by atoms with van der Waals surface area (Å²) in [4.78, 5) is 24.5. The molecule has 1 unspecified atom stereocenters. The van der Waals surface area contributed by atoms with E-state index in [9.17, 15) is 14.7 Å². The second kappa shape index (κ2) is 59.1. The van der Waals surface area contributed by atoms with Gasteiger partial charge in [0.1, 0.15) is 6.61 Å². The summed E-state index contributed by atoms with van der Waals surface area (Å²) in [5.41, 5.74) is 0. The number of hydrogen-bond acceptors (Lipinski definition) is 5. The van der Waals surface area contributed by atoms with Crippen LogP contribution in [0.2, 0.25) is 0 Å². The molecule has 0 bridgehead atoms. The summed E-state index contributed by atoms with van der Waals surface area (Å²) < 4.78 is 10.7. The topological polar surface area (TPSA) is 72.8 Å². The van der Waals surface area contributed by atoms with Gasteiger partial charge in [0, 0.05) is 12.8 Å². The van der Waals surface area contributed by atoms with Crippen LogP contribution in [-0.2, 0) is 19.1 Å². The van der Waals surface area contributed by atoms with Crippen molar-refractivity contribution in [2.75, 3.05) is 13.2 Å². The van der Waals surface area contributed by atoms with Gasteiger partial charge in [-0.2, -0.15) is 0 Å². The van der Waals surface area contributed by atoms with Gasteiger partial charge in [-0.05, 0) is 77.0 Å². The summed E-state index contributed by atoms with van der Waals surface area (Å²) >= 11 is 0. The maximum Gasteiger partial charge on any atom is 0.306 e. The Labute approximate surface area is 428 Å². The predicted octanol–water partition coefficient (Wildman–Crippen LogP) is 19.9. The summed E-state index contributed by atoms with van der Waals surface area (Å²) in [5.74, 6) is -0.582. The van der Waals surface area contributed by atoms with E-state index in [0.717, 1.165) is 89.9 Å². The van der Waals surface area contributed by atoms with E-state index < -0.39 is 6.10 Å². The molecule has 5 heteroatoms. The molecular weight excluding hydrogens is 849 g/mol. The third-order valence-electron chi connectivity index (χ3n) is 12.6. The maximum absolute atomic E-state index is 12.3. The van der Waals surface area contributed by atoms with Crippen molar-refractivity contribution in [3.05, 3.63) is 97.2 Å². The fourth-order valence-corrected chi connectivity index (χ4v) is 8.28. The second-order valence-electron chi connectivity index (χ2n) is 19.3. The molecule has 1 atom stereocenters. The number of aliphatic hydroxyl groups is 1. The van der Waals surface area contributed by atoms with Crippen LogP contribution in [0.4, 0.5) is 0 Å². The molecule has 0 radical (unpaired) electrons. The zero-order valence-corrected chi connectivity index (χ0v) is 45.3. The van der Waals surface area contributed by atoms with Crippen LogP contribution in [0.5, 0.6) is 0 Å². The number of rotatable bonds is 53. The fraction of sp³-hybridized carbons (Fsp3) is 0.719. The van der Waals surface area contributed by atoms with Crippen LogP contribution in [-0.4, -0.2) is 36.4 Å². The van der Waals surface area contributed by atoms with Crippen LogP contribution < -0.4 is 0 Å². The first-order chi connectivity index (χ1) is 34.1. The van der Waals surface area contributed by atoms with Gasteiger partial charge in [-0.1, -0.05) is 284 Å². The summed E-state index contributed by atoms with van der Waals surface area (Å²) in [7, 11) is 0. The maximum atomic E-state index is 12.3. The van der Waals surface area contributed by atoms with Crippen molar-refractivity contribution in [1.82, 2.24) is 0 Å². The van der Waals surface area contributed by atoms with Crippen LogP contribution in [0, 0.1) is 0 Å². The highest BCUT2D eigenvalue weighted by Gasteiger charge is 2.16. The van der Waals surface area contributed by atoms with E-state index in [1.165, 1.54) is 161 Å². The largest absolute Gasteiger partial charge is 0.462 e. The van der Waals surface area contributed by atoms with Crippen molar-refractivity contribution in [3.63, 3.8) is 0 Å². The highest BCUT2D eigenvalue weighted by Crippen LogP contribution is 2.16. The van der Waals surface area contributed by atoms with Crippen LogP contribution >= 0.6 is 0 Å². The third kappa shape index (κ3) is 57.3. The van der Waals surface area contributed by atoms with Gasteiger partial charge in [-0.25, -0.2) is 0 Å². The fourth-order valence-electron chi connectivity index (χ4n) is 8.28. The van der Waals surface area contributed by atoms with Gasteiger partial charge in [0.25, 0.3) is 0 Å². The standard InChI is InChI=1S/C64H110O5/c1-3-5-7-9-11-13-15-17-19-20-21-22-23-24-25-26-27-28-29-30-31-32-33-34-35-36-37-38-39-40-41-42-43-44-45-47-49-51-53-55-57-59-64(67)69-62(60-65)61-68-63(66)58-56-54-52-50-48-46-18-16-14-12-10-8-6-4-2/h5,7,11,13,17,19,21-22,24-25,27-28,30-31,33-34,62,65H,3-4,6,8-10,12,14-16,18,20,23,26,29,32,35-61H2,1-2H3/b7-5-,13-11-,19-17-,22-21-,25-24-,28-27-,31-30-,34-33-. The number of ether oxygens (including phenoxy) is 2. The Hall–Kier alpha value is -3.18. The number of unbranched alkanes of at least 4 members (excludes halogenated alkanes) is 29. The highest BCUT2D eigenvalue weighted by molar-refractivity contribution is 5.70. The molecule has 1 N–H and O–H groups in total. The van der Waals surface area contributed by atoms with Gasteiger partial charge in [-0.15, -0.1) is 0 Å². The van der Waals surface area contributed by atoms with E-state index >= 15 is 0 Å². The zero-order chi connectivity index (χ0) is 49.9. The molecule has 0 aliphatic heterocycles. The molecule has 0 rings (SSSR count). The van der Waals surface area contributed by atoms with Crippen molar-refractivity contribution in [2.24, 2.45) is 0 Å². The number of hydrogen-bond donors (Lipinski definition) is 1. The first-order valence-electron chi connectivity index (χ1n) is 29.3. The Bertz CT molecular complexity index is 1310. The lowest BCUT2D eigenvalue weighted by Gasteiger charge is -2.15. The van der Waals surface area contributed by atoms with Crippen molar-refractivity contribution in [3.8, 4) is 0 Å². The van der Waals surface area contributed by atoms with Crippen molar-refractivity contribution in [2.45, 2.75) is 283 Å². The molecule has 0 aliphatic rings. The Morgan fingerprint density at radius 1 is 0.348 bits per heavy atom. The summed E-state index contributed by atoms with van der Waals surface area (Å²) in [6, 6.07) is 0. The predicted molar refractivity (Wildman–Crippen MR) is 302 cm³/mol. The molecule has 0 saturated heterocycles. The SMILES string of the molecule is CC/C=C\C/C=C\C/C=C\C/C=C\C/C=C\C/C=C\C/C=C\C/C=C\CCCCCCCCCCCCCCCCCCC(=O)OC(CO)COC(=O)CCCCCCCCCCCCCCCC. The normalized spacial score (nSPS) is 12.9. The van der Waals surface area contributed by atoms with Crippen LogP contribution in [0.3, 0.4) is 0 Å². The molecule has 5 nitrogen and oxygen atoms in total. The first-order valence-corrected chi connectivity index (χ1v) is 29.3. The quantitative estimate of drug-likeness (QED) is 0.0374. The van der Waals surface area contributed by atoms with Crippen molar-refractivity contribution >= 4 is 11.9 Å². The third-order valence-corrected chi connectivity index (χ3v) is 12.6. The molecule has 0 heterocycles. The number of carbonyl (C=O) groups is 2. The van der Waals surface area contributed by atoms with E-state index in [2.05, 4.69) is 111 Å². The van der Waals surface area contributed by atoms with E-state index in [4.69, 9.17) is 9.47 Å². The van der Waals surface area contributed by atoms with Gasteiger partial charge in [0.05, 0.1) is 6.61 Å². The Morgan fingerprint density at radius 2 is 0.623 bits per heavy atom. The second-order valence-corrected chi connectivity index (χ2v) is 19.3. The Balaban J connectivity index is 3.48. The lowest BCUT2D eigenvalue weighted by atomic mass is 10.0. The molecule has 0 fully saturated rings. The molecule has 0 saturated carbocycles. The van der Waals surface area contributed by atoms with Gasteiger partial charge in [0.15, 0.2) is 6.10 Å². The Kier molecular flexibility index (Phi) is 56.4. The van der Waals surface area contributed by atoms with Crippen LogP contribution in [0.15, 0.2) is 97.2 Å². The minimum Gasteiger partial charge on any atom is -0.462 e. The molecule has 0 amide bonds. The smallest absolute Gasteiger partial charge is 0.306 e. The number of aliphatic hydroxyl groups excluding tert-OH is 1. The molecule has 0 aromatic heterocycles. The van der Waals surface area contributed by atoms with Crippen LogP contribution in [0.25, 0.3) is 0 Å². The van der Waals surface area contributed by atoms with E-state index in [-0.39, 0.29) is 25.2 Å². The summed E-state index contributed by atoms with van der Waals surface area (Å²) in [5, 5.41) is 9.63. The summed E-state index contributed by atoms with van der Waals surface area (Å²) in [6.07, 6.45) is 83.9. The molecular formula is C64H110O5. The van der Waals surface area contributed by atoms with E-state index in [0.29, 0.717) is 12.8 Å². The first kappa shape index (κ1) is 65.8. The molecule has 396 valence electrons. The zero-order valence-electron chi connectivity index (χ0n) is 45.3. The van der Waals surface area contributed by atoms with Gasteiger partial charge in [0.2, 0.25) is 0 Å². The molecule has 0 spiro atoms. The molecule has 0 aliphatic carbocycles. The molecule has 69 heavy (non-hydrogen) atoms. The lowest BCUT2D eigenvalue weighted by molar-refractivity contribution is -0.161. The van der Waals surface area contributed by atoms with Crippen molar-refractivity contribution < 1.29 is 24.2 Å². The number of carbonyl (C=O) groups excluding carboxylic acids is 2. The Morgan fingerprint density at radius 3 is 0.942 bits per heavy atom. The number of esters is 2. The van der Waals surface area contributed by atoms with Gasteiger partial charge >= 0.3 is 11.9 Å². The minimum atomic E-state index is -0.772. The van der Waals surface area contributed by atoms with Gasteiger partial charge in [-0.3, -0.25) is 9.59 Å². The molecule has 0 aromatic carbocycles. The van der Waals surface area contributed by atoms with Crippen molar-refractivity contribution in [1.29, 1.82) is 0 Å². The molecule has 0 aromatic rings. The van der Waals surface area contributed by atoms with E-state index in [1.807, 2.05) is 0 Å². The average Bonchev–Trinajstić information content (AvgIpc) is 3.35. The number of allylic oxidation sites excluding steroid dienone is 16.